The van der Waals surface area contributed by atoms with Crippen molar-refractivity contribution in [2.45, 2.75) is 35.5 Å². The fourth-order valence-electron chi connectivity index (χ4n) is 2.08. The van der Waals surface area contributed by atoms with Gasteiger partial charge in [-0.25, -0.2) is 0 Å². The van der Waals surface area contributed by atoms with Crippen molar-refractivity contribution in [1.82, 2.24) is 0 Å². The Morgan fingerprint density at radius 2 is 1.32 bits per heavy atom. The van der Waals surface area contributed by atoms with E-state index in [9.17, 15) is 0 Å². The average Bonchev–Trinajstić information content (AvgIpc) is 2.41. The van der Waals surface area contributed by atoms with Gasteiger partial charge < -0.3 is 0 Å². The summed E-state index contributed by atoms with van der Waals surface area (Å²) in [5.74, 6) is 0. The van der Waals surface area contributed by atoms with E-state index in [2.05, 4.69) is 50.1 Å². The molecule has 114 valence electrons. The second-order valence-electron chi connectivity index (χ2n) is 5.17. The Kier molecular flexibility index (Phi) is 5.90. The molecule has 0 amide bonds. The van der Waals surface area contributed by atoms with E-state index in [0.29, 0.717) is 0 Å². The van der Waals surface area contributed by atoms with Crippen molar-refractivity contribution in [3.63, 3.8) is 0 Å². The zero-order valence-corrected chi connectivity index (χ0v) is 15.7. The van der Waals surface area contributed by atoms with Crippen molar-refractivity contribution in [3.05, 3.63) is 64.8 Å². The van der Waals surface area contributed by atoms with Gasteiger partial charge >= 0.3 is 0 Å². The van der Waals surface area contributed by atoms with E-state index >= 15 is 0 Å². The molecule has 0 aliphatic heterocycles. The van der Waals surface area contributed by atoms with Crippen LogP contribution in [0.25, 0.3) is 10.8 Å². The van der Waals surface area contributed by atoms with Gasteiger partial charge in [-0.2, -0.15) is 0 Å². The van der Waals surface area contributed by atoms with Crippen LogP contribution in [-0.4, -0.2) is 0 Å². The number of rotatable bonds is 6. The highest BCUT2D eigenvalue weighted by molar-refractivity contribution is 8.07. The quantitative estimate of drug-likeness (QED) is 0.492. The van der Waals surface area contributed by atoms with Crippen molar-refractivity contribution < 1.29 is 0 Å². The van der Waals surface area contributed by atoms with Crippen molar-refractivity contribution in [1.29, 1.82) is 0 Å². The molecule has 0 spiro atoms. The molecule has 2 aromatic carbocycles. The molecule has 2 aromatic rings. The van der Waals surface area contributed by atoms with E-state index in [0.717, 1.165) is 14.7 Å². The van der Waals surface area contributed by atoms with Crippen molar-refractivity contribution >= 4 is 46.1 Å². The van der Waals surface area contributed by atoms with Gasteiger partial charge in [0, 0.05) is 14.7 Å². The summed E-state index contributed by atoms with van der Waals surface area (Å²) in [5.41, 5.74) is 0. The van der Waals surface area contributed by atoms with Crippen molar-refractivity contribution in [2.24, 2.45) is 0 Å². The maximum atomic E-state index is 4.08. The fraction of sp³-hybridized carbons (Fsp3) is 0.158. The van der Waals surface area contributed by atoms with Gasteiger partial charge in [0.1, 0.15) is 0 Å². The highest BCUT2D eigenvalue weighted by atomic mass is 32.2. The zero-order valence-electron chi connectivity index (χ0n) is 13.2. The van der Waals surface area contributed by atoms with Crippen LogP contribution in [0, 0.1) is 0 Å². The third kappa shape index (κ3) is 4.25. The number of benzene rings is 2. The number of allylic oxidation sites excluding steroid dienone is 3. The Hall–Kier alpha value is -1.03. The molecule has 0 bridgehead atoms. The third-order valence-corrected chi connectivity index (χ3v) is 5.86. The van der Waals surface area contributed by atoms with E-state index < -0.39 is 0 Å². The molecule has 0 aliphatic carbocycles. The Morgan fingerprint density at radius 3 is 1.91 bits per heavy atom. The molecule has 0 heterocycles. The summed E-state index contributed by atoms with van der Waals surface area (Å²) in [4.78, 5) is 7.02. The van der Waals surface area contributed by atoms with Crippen LogP contribution >= 0.6 is 35.3 Å². The molecule has 0 fully saturated rings. The first kappa shape index (κ1) is 17.3. The summed E-state index contributed by atoms with van der Waals surface area (Å²) in [7, 11) is 0. The molecule has 0 nitrogen and oxygen atoms in total. The Labute approximate surface area is 146 Å². The molecule has 0 N–H and O–H groups in total. The molecule has 0 atom stereocenters. The average molecular weight is 345 g/mol. The van der Waals surface area contributed by atoms with Crippen LogP contribution in [0.5, 0.6) is 0 Å². The van der Waals surface area contributed by atoms with Crippen molar-refractivity contribution in [2.75, 3.05) is 0 Å². The molecular formula is C19H20S3. The summed E-state index contributed by atoms with van der Waals surface area (Å²) in [6, 6.07) is 10.8. The second kappa shape index (κ2) is 7.49. The SMILES string of the molecule is C=C(C)Sc1cc2ccccc2c(SC(=C)C)c1SC(=C)C. The van der Waals surface area contributed by atoms with Crippen LogP contribution < -0.4 is 0 Å². The van der Waals surface area contributed by atoms with E-state index in [4.69, 9.17) is 0 Å². The lowest BCUT2D eigenvalue weighted by Gasteiger charge is -2.17. The molecule has 0 saturated heterocycles. The van der Waals surface area contributed by atoms with Crippen LogP contribution in [0.3, 0.4) is 0 Å². The van der Waals surface area contributed by atoms with Crippen LogP contribution in [0.2, 0.25) is 0 Å². The molecule has 22 heavy (non-hydrogen) atoms. The van der Waals surface area contributed by atoms with Gasteiger partial charge in [-0.15, -0.1) is 0 Å². The predicted octanol–water partition coefficient (Wildman–Crippen LogP) is 7.72. The lowest BCUT2D eigenvalue weighted by atomic mass is 10.1. The molecule has 0 aromatic heterocycles. The number of hydrogen-bond donors (Lipinski definition) is 0. The van der Waals surface area contributed by atoms with Gasteiger partial charge in [0.05, 0.1) is 0 Å². The van der Waals surface area contributed by atoms with Gasteiger partial charge in [0.25, 0.3) is 0 Å². The van der Waals surface area contributed by atoms with Gasteiger partial charge in [0.15, 0.2) is 0 Å². The zero-order chi connectivity index (χ0) is 16.3. The van der Waals surface area contributed by atoms with E-state index in [1.807, 2.05) is 20.8 Å². The molecule has 0 radical (unpaired) electrons. The summed E-state index contributed by atoms with van der Waals surface area (Å²) >= 11 is 5.19. The summed E-state index contributed by atoms with van der Waals surface area (Å²) in [5, 5.41) is 2.52. The Balaban J connectivity index is 2.76. The first-order chi connectivity index (χ1) is 10.4. The molecule has 2 rings (SSSR count). The lowest BCUT2D eigenvalue weighted by Crippen LogP contribution is -1.88. The second-order valence-corrected chi connectivity index (χ2v) is 9.13. The smallest absolute Gasteiger partial charge is 0.0404 e. The van der Waals surface area contributed by atoms with Gasteiger partial charge in [-0.3, -0.25) is 0 Å². The van der Waals surface area contributed by atoms with Gasteiger partial charge in [-0.1, -0.05) is 79.3 Å². The molecule has 0 saturated carbocycles. The largest absolute Gasteiger partial charge is 0.0942 e. The normalized spacial score (nSPS) is 10.7. The summed E-state index contributed by atoms with van der Waals surface area (Å²) < 4.78 is 0. The van der Waals surface area contributed by atoms with Crippen molar-refractivity contribution in [3.8, 4) is 0 Å². The number of thioether (sulfide) groups is 3. The van der Waals surface area contributed by atoms with Crippen LogP contribution in [-0.2, 0) is 0 Å². The lowest BCUT2D eigenvalue weighted by molar-refractivity contribution is 1.16. The van der Waals surface area contributed by atoms with E-state index in [-0.39, 0.29) is 0 Å². The number of hydrogen-bond acceptors (Lipinski definition) is 3. The van der Waals surface area contributed by atoms with Crippen LogP contribution in [0.15, 0.2) is 79.5 Å². The topological polar surface area (TPSA) is 0 Å². The standard InChI is InChI=1S/C19H20S3/c1-12(2)20-17-11-15-9-7-8-10-16(15)18(21-13(3)4)19(17)22-14(5)6/h7-11H,1,3,5H2,2,4,6H3. The minimum absolute atomic E-state index is 1.09. The maximum absolute atomic E-state index is 4.08. The monoisotopic (exact) mass is 344 g/mol. The van der Waals surface area contributed by atoms with Crippen LogP contribution in [0.1, 0.15) is 20.8 Å². The highest BCUT2D eigenvalue weighted by Crippen LogP contribution is 2.47. The Bertz CT molecular complexity index is 757. The molecule has 0 aliphatic rings. The summed E-state index contributed by atoms with van der Waals surface area (Å²) in [6.07, 6.45) is 0. The maximum Gasteiger partial charge on any atom is 0.0404 e. The molecule has 3 heteroatoms. The minimum Gasteiger partial charge on any atom is -0.0942 e. The summed E-state index contributed by atoms with van der Waals surface area (Å²) in [6.45, 7) is 18.3. The predicted molar refractivity (Wildman–Crippen MR) is 106 cm³/mol. The van der Waals surface area contributed by atoms with Gasteiger partial charge in [0.2, 0.25) is 0 Å². The van der Waals surface area contributed by atoms with E-state index in [1.54, 1.807) is 35.3 Å². The highest BCUT2D eigenvalue weighted by Gasteiger charge is 2.16. The minimum atomic E-state index is 1.09. The fourth-order valence-corrected chi connectivity index (χ4v) is 4.96. The third-order valence-electron chi connectivity index (χ3n) is 2.76. The van der Waals surface area contributed by atoms with Gasteiger partial charge in [-0.05, 0) is 52.3 Å². The number of fused-ring (bicyclic) bond motifs is 1. The molecular weight excluding hydrogens is 324 g/mol. The van der Waals surface area contributed by atoms with E-state index in [1.165, 1.54) is 25.5 Å². The first-order valence-corrected chi connectivity index (χ1v) is 9.39. The first-order valence-electron chi connectivity index (χ1n) is 6.94. The molecule has 0 unspecified atom stereocenters. The Morgan fingerprint density at radius 1 is 0.773 bits per heavy atom. The van der Waals surface area contributed by atoms with Crippen LogP contribution in [0.4, 0.5) is 0 Å².